The molecule has 13 heteroatoms. The minimum atomic E-state index is -0.995. The van der Waals surface area contributed by atoms with Crippen LogP contribution in [0.3, 0.4) is 0 Å². The quantitative estimate of drug-likeness (QED) is 0.467. The Hall–Kier alpha value is -3.83. The second-order valence-corrected chi connectivity index (χ2v) is 7.96. The fraction of sp³-hybridized carbons (Fsp3) is 0.150. The van der Waals surface area contributed by atoms with Crippen molar-refractivity contribution >= 4 is 46.5 Å². The molecule has 5 rings (SSSR count). The summed E-state index contributed by atoms with van der Waals surface area (Å²) in [7, 11) is 1.54. The lowest BCUT2D eigenvalue weighted by molar-refractivity contribution is -0.120. The number of fused-ring (bicyclic) bond motifs is 2. The number of hydrogen-bond donors (Lipinski definition) is 1. The Morgan fingerprint density at radius 1 is 1.24 bits per heavy atom. The highest BCUT2D eigenvalue weighted by Gasteiger charge is 2.32. The van der Waals surface area contributed by atoms with Crippen LogP contribution in [0.2, 0.25) is 10.0 Å². The van der Waals surface area contributed by atoms with Crippen molar-refractivity contribution in [3.05, 3.63) is 59.0 Å². The minimum absolute atomic E-state index is 0.117. The van der Waals surface area contributed by atoms with E-state index in [-0.39, 0.29) is 17.5 Å². The monoisotopic (exact) mass is 484 g/mol. The first-order valence-corrected chi connectivity index (χ1v) is 10.4. The third-order valence-electron chi connectivity index (χ3n) is 4.98. The maximum Gasteiger partial charge on any atom is 0.289 e. The van der Waals surface area contributed by atoms with Gasteiger partial charge in [0.15, 0.2) is 17.2 Å². The third-order valence-corrected chi connectivity index (χ3v) is 5.46. The van der Waals surface area contributed by atoms with Gasteiger partial charge in [-0.25, -0.2) is 15.0 Å². The maximum atomic E-state index is 12.9. The fourth-order valence-corrected chi connectivity index (χ4v) is 3.67. The molecule has 11 nitrogen and oxygen atoms in total. The van der Waals surface area contributed by atoms with Crippen molar-refractivity contribution in [3.8, 4) is 17.0 Å². The van der Waals surface area contributed by atoms with Crippen LogP contribution in [0, 0.1) is 0 Å². The molecule has 0 aliphatic carbocycles. The van der Waals surface area contributed by atoms with Crippen LogP contribution >= 0.6 is 23.2 Å². The van der Waals surface area contributed by atoms with Gasteiger partial charge in [0.05, 0.1) is 21.9 Å². The van der Waals surface area contributed by atoms with Gasteiger partial charge in [0.1, 0.15) is 19.0 Å². The molecule has 1 N–H and O–H groups in total. The number of aromatic nitrogens is 6. The molecule has 5 heterocycles. The number of carbonyl (C=O) groups excluding carboxylic acids is 2. The first-order valence-electron chi connectivity index (χ1n) is 9.60. The van der Waals surface area contributed by atoms with Gasteiger partial charge in [0, 0.05) is 31.1 Å². The van der Waals surface area contributed by atoms with Gasteiger partial charge in [0.25, 0.3) is 11.8 Å². The Morgan fingerprint density at radius 2 is 2.09 bits per heavy atom. The number of halogens is 2. The second kappa shape index (κ2) is 8.26. The van der Waals surface area contributed by atoms with Crippen molar-refractivity contribution in [2.24, 2.45) is 0 Å². The molecule has 1 aliphatic heterocycles. The van der Waals surface area contributed by atoms with E-state index in [1.807, 2.05) is 0 Å². The van der Waals surface area contributed by atoms with Crippen molar-refractivity contribution in [2.75, 3.05) is 18.6 Å². The Kier molecular flexibility index (Phi) is 5.27. The normalized spacial score (nSPS) is 15.7. The number of amides is 2. The minimum Gasteiger partial charge on any atom is -0.487 e. The largest absolute Gasteiger partial charge is 0.487 e. The number of ether oxygens (including phenoxy) is 1. The molecule has 0 unspecified atom stereocenters. The molecule has 0 spiro atoms. The van der Waals surface area contributed by atoms with E-state index in [1.165, 1.54) is 24.3 Å². The molecular weight excluding hydrogens is 471 g/mol. The molecule has 0 fully saturated rings. The zero-order valence-electron chi connectivity index (χ0n) is 16.9. The molecule has 0 saturated heterocycles. The lowest BCUT2D eigenvalue weighted by atomic mass is 10.2. The summed E-state index contributed by atoms with van der Waals surface area (Å²) in [5.41, 5.74) is 1.56. The summed E-state index contributed by atoms with van der Waals surface area (Å²) in [4.78, 5) is 39.5. The Bertz CT molecular complexity index is 1410. The highest BCUT2D eigenvalue weighted by Crippen LogP contribution is 2.30. The molecule has 1 atom stereocenters. The van der Waals surface area contributed by atoms with Crippen molar-refractivity contribution < 1.29 is 14.3 Å². The van der Waals surface area contributed by atoms with Gasteiger partial charge in [0.2, 0.25) is 5.82 Å². The van der Waals surface area contributed by atoms with Gasteiger partial charge < -0.3 is 10.1 Å². The molecule has 0 saturated carbocycles. The predicted molar refractivity (Wildman–Crippen MR) is 118 cm³/mol. The Morgan fingerprint density at radius 3 is 2.94 bits per heavy atom. The molecule has 0 radical (unpaired) electrons. The van der Waals surface area contributed by atoms with Crippen LogP contribution in [0.25, 0.3) is 16.9 Å². The number of anilines is 1. The standard InChI is InChI=1S/C20H14Cl2N8O3/c1-29-18-14(5-11(21)6-24-18)33-8-13(20(29)32)26-19(31)17-23-7-12(22)16(27-17)10-2-3-30-9-25-28-15(30)4-10/h2-7,9,13H,8H2,1H3,(H,26,31)/t13-/m0/s1. The molecule has 33 heavy (non-hydrogen) atoms. The van der Waals surface area contributed by atoms with E-state index in [4.69, 9.17) is 27.9 Å². The van der Waals surface area contributed by atoms with Gasteiger partial charge in [-0.3, -0.25) is 18.9 Å². The molecule has 4 aromatic heterocycles. The van der Waals surface area contributed by atoms with Gasteiger partial charge in [-0.1, -0.05) is 23.2 Å². The smallest absolute Gasteiger partial charge is 0.289 e. The van der Waals surface area contributed by atoms with Gasteiger partial charge in [-0.15, -0.1) is 10.2 Å². The summed E-state index contributed by atoms with van der Waals surface area (Å²) in [5, 5.41) is 11.1. The van der Waals surface area contributed by atoms with E-state index < -0.39 is 17.9 Å². The van der Waals surface area contributed by atoms with Gasteiger partial charge in [-0.05, 0) is 12.1 Å². The summed E-state index contributed by atoms with van der Waals surface area (Å²) in [5.74, 6) is -0.597. The summed E-state index contributed by atoms with van der Waals surface area (Å²) in [6.07, 6.45) is 6.04. The summed E-state index contributed by atoms with van der Waals surface area (Å²) < 4.78 is 7.39. The SMILES string of the molecule is CN1C(=O)[C@@H](NC(=O)c2ncc(Cl)c(-c3ccn4cnnc4c3)n2)COc2cc(Cl)cnc21. The topological polar surface area (TPSA) is 128 Å². The molecule has 0 aromatic carbocycles. The van der Waals surface area contributed by atoms with E-state index >= 15 is 0 Å². The van der Waals surface area contributed by atoms with Crippen LogP contribution in [-0.4, -0.2) is 61.1 Å². The van der Waals surface area contributed by atoms with E-state index in [0.29, 0.717) is 33.5 Å². The average Bonchev–Trinajstić information content (AvgIpc) is 3.25. The molecule has 1 aliphatic rings. The van der Waals surface area contributed by atoms with Crippen molar-refractivity contribution in [1.82, 2.24) is 34.9 Å². The molecule has 0 bridgehead atoms. The Balaban J connectivity index is 1.40. The number of pyridine rings is 2. The number of nitrogens with one attached hydrogen (secondary N) is 1. The summed E-state index contributed by atoms with van der Waals surface area (Å²) in [6.45, 7) is -0.117. The fourth-order valence-electron chi connectivity index (χ4n) is 3.32. The van der Waals surface area contributed by atoms with Crippen molar-refractivity contribution in [3.63, 3.8) is 0 Å². The number of hydrogen-bond acceptors (Lipinski definition) is 8. The van der Waals surface area contributed by atoms with Crippen LogP contribution in [0.15, 0.2) is 43.1 Å². The molecular formula is C20H14Cl2N8O3. The van der Waals surface area contributed by atoms with Crippen molar-refractivity contribution in [2.45, 2.75) is 6.04 Å². The average molecular weight is 485 g/mol. The first kappa shape index (κ1) is 21.0. The number of carbonyl (C=O) groups is 2. The van der Waals surface area contributed by atoms with Crippen LogP contribution in [0.5, 0.6) is 5.75 Å². The predicted octanol–water partition coefficient (Wildman–Crippen LogP) is 2.04. The third kappa shape index (κ3) is 3.92. The first-order chi connectivity index (χ1) is 15.9. The maximum absolute atomic E-state index is 12.9. The highest BCUT2D eigenvalue weighted by atomic mass is 35.5. The Labute approximate surface area is 196 Å². The van der Waals surface area contributed by atoms with Crippen LogP contribution in [0.1, 0.15) is 10.6 Å². The van der Waals surface area contributed by atoms with Crippen LogP contribution in [0.4, 0.5) is 5.82 Å². The zero-order chi connectivity index (χ0) is 23.1. The number of likely N-dealkylation sites (N-methyl/N-ethyl adjacent to an activating group) is 1. The number of rotatable bonds is 3. The van der Waals surface area contributed by atoms with Gasteiger partial charge >= 0.3 is 0 Å². The van der Waals surface area contributed by atoms with E-state index in [9.17, 15) is 9.59 Å². The van der Waals surface area contributed by atoms with Gasteiger partial charge in [-0.2, -0.15) is 0 Å². The lowest BCUT2D eigenvalue weighted by Crippen LogP contribution is -2.49. The van der Waals surface area contributed by atoms with E-state index in [1.54, 1.807) is 35.1 Å². The van der Waals surface area contributed by atoms with E-state index in [2.05, 4.69) is 30.5 Å². The summed E-state index contributed by atoms with van der Waals surface area (Å²) in [6, 6.07) is 4.05. The number of nitrogens with zero attached hydrogens (tertiary/aromatic N) is 7. The highest BCUT2D eigenvalue weighted by molar-refractivity contribution is 6.33. The van der Waals surface area contributed by atoms with Crippen LogP contribution in [-0.2, 0) is 4.79 Å². The van der Waals surface area contributed by atoms with Crippen molar-refractivity contribution in [1.29, 1.82) is 0 Å². The molecule has 2 amide bonds. The summed E-state index contributed by atoms with van der Waals surface area (Å²) >= 11 is 12.2. The second-order valence-electron chi connectivity index (χ2n) is 7.11. The molecule has 166 valence electrons. The molecule has 4 aromatic rings. The lowest BCUT2D eigenvalue weighted by Gasteiger charge is -2.19. The van der Waals surface area contributed by atoms with Crippen LogP contribution < -0.4 is 15.0 Å². The zero-order valence-corrected chi connectivity index (χ0v) is 18.4. The van der Waals surface area contributed by atoms with E-state index in [0.717, 1.165) is 0 Å².